The molecular weight excluding hydrogens is 504 g/mol. The van der Waals surface area contributed by atoms with Gasteiger partial charge in [0.15, 0.2) is 0 Å². The monoisotopic (exact) mass is 548 g/mol. The molecule has 1 saturated carbocycles. The fourth-order valence-electron chi connectivity index (χ4n) is 6.13. The van der Waals surface area contributed by atoms with E-state index >= 15 is 0 Å². The summed E-state index contributed by atoms with van der Waals surface area (Å²) in [5, 5.41) is 18.7. The number of nitrogens with one attached hydrogen (secondary N) is 3. The quantitative estimate of drug-likeness (QED) is 0.316. The lowest BCUT2D eigenvalue weighted by atomic mass is 9.78. The molecule has 4 rings (SSSR count). The van der Waals surface area contributed by atoms with Crippen molar-refractivity contribution >= 4 is 29.6 Å². The number of carbonyl (C=O) groups is 3. The third-order valence-electron chi connectivity index (χ3n) is 8.27. The van der Waals surface area contributed by atoms with E-state index in [9.17, 15) is 19.5 Å². The van der Waals surface area contributed by atoms with Gasteiger partial charge in [-0.2, -0.15) is 0 Å². The van der Waals surface area contributed by atoms with Crippen LogP contribution >= 0.6 is 0 Å². The number of β-amino-alcohol motifs (C(OH)–C–C–N with tert-alkyl or cyclic N) is 1. The van der Waals surface area contributed by atoms with Crippen molar-refractivity contribution in [3.05, 3.63) is 59.7 Å². The molecule has 0 unspecified atom stereocenters. The molecule has 0 aromatic heterocycles. The first kappa shape index (κ1) is 29.7. The predicted octanol–water partition coefficient (Wildman–Crippen LogP) is 4.13. The maximum atomic E-state index is 13.9. The molecule has 8 heteroatoms. The zero-order valence-corrected chi connectivity index (χ0v) is 24.0. The SMILES string of the molecule is C[C@@H](O)CNC(C)(C)CC(=O)N[C@@H]1CCc2ccccc2N(CC2CCC(c3ccccc3NC=O)CC2)C1=O. The molecule has 3 amide bonds. The lowest BCUT2D eigenvalue weighted by Gasteiger charge is -2.34. The van der Waals surface area contributed by atoms with Crippen molar-refractivity contribution in [1.82, 2.24) is 10.6 Å². The first-order chi connectivity index (χ1) is 19.2. The largest absolute Gasteiger partial charge is 0.392 e. The van der Waals surface area contributed by atoms with E-state index in [0.717, 1.165) is 55.5 Å². The van der Waals surface area contributed by atoms with Gasteiger partial charge in [0, 0.05) is 36.4 Å². The Morgan fingerprint density at radius 1 is 1.07 bits per heavy atom. The van der Waals surface area contributed by atoms with E-state index in [1.54, 1.807) is 6.92 Å². The van der Waals surface area contributed by atoms with Crippen LogP contribution < -0.4 is 20.9 Å². The van der Waals surface area contributed by atoms with Crippen LogP contribution in [-0.4, -0.2) is 54.1 Å². The predicted molar refractivity (Wildman–Crippen MR) is 158 cm³/mol. The lowest BCUT2D eigenvalue weighted by molar-refractivity contribution is -0.128. The van der Waals surface area contributed by atoms with Gasteiger partial charge >= 0.3 is 0 Å². The van der Waals surface area contributed by atoms with Gasteiger partial charge in [-0.15, -0.1) is 0 Å². The molecule has 2 aliphatic rings. The molecule has 2 aromatic carbocycles. The lowest BCUT2D eigenvalue weighted by Crippen LogP contribution is -2.52. The third kappa shape index (κ3) is 7.70. The summed E-state index contributed by atoms with van der Waals surface area (Å²) in [7, 11) is 0. The molecule has 1 heterocycles. The van der Waals surface area contributed by atoms with Gasteiger partial charge < -0.3 is 26.0 Å². The maximum absolute atomic E-state index is 13.9. The van der Waals surface area contributed by atoms with Gasteiger partial charge in [-0.25, -0.2) is 0 Å². The second kappa shape index (κ2) is 13.4. The number of para-hydroxylation sites is 2. The fraction of sp³-hybridized carbons (Fsp3) is 0.531. The topological polar surface area (TPSA) is 111 Å². The van der Waals surface area contributed by atoms with E-state index in [1.807, 2.05) is 55.1 Å². The van der Waals surface area contributed by atoms with E-state index in [0.29, 0.717) is 31.3 Å². The molecule has 0 spiro atoms. The molecule has 2 atom stereocenters. The van der Waals surface area contributed by atoms with Gasteiger partial charge in [-0.05, 0) is 94.4 Å². The minimum Gasteiger partial charge on any atom is -0.392 e. The van der Waals surface area contributed by atoms with Crippen molar-refractivity contribution in [2.75, 3.05) is 23.3 Å². The van der Waals surface area contributed by atoms with E-state index in [-0.39, 0.29) is 18.2 Å². The normalized spacial score (nSPS) is 22.1. The van der Waals surface area contributed by atoms with E-state index in [1.165, 1.54) is 5.56 Å². The number of amides is 3. The van der Waals surface area contributed by atoms with E-state index in [2.05, 4.69) is 28.1 Å². The Morgan fingerprint density at radius 2 is 1.77 bits per heavy atom. The van der Waals surface area contributed by atoms with Crippen molar-refractivity contribution in [2.45, 2.75) is 89.3 Å². The van der Waals surface area contributed by atoms with Gasteiger partial charge in [-0.3, -0.25) is 14.4 Å². The second-order valence-corrected chi connectivity index (χ2v) is 12.1. The number of hydrogen-bond donors (Lipinski definition) is 4. The van der Waals surface area contributed by atoms with Gasteiger partial charge in [-0.1, -0.05) is 36.4 Å². The number of nitrogens with zero attached hydrogens (tertiary/aromatic N) is 1. The molecule has 216 valence electrons. The number of fused-ring (bicyclic) bond motifs is 1. The first-order valence-electron chi connectivity index (χ1n) is 14.6. The van der Waals surface area contributed by atoms with Crippen LogP contribution in [0.4, 0.5) is 11.4 Å². The Kier molecular flexibility index (Phi) is 9.98. The Hall–Kier alpha value is -3.23. The number of rotatable bonds is 11. The Bertz CT molecular complexity index is 1170. The van der Waals surface area contributed by atoms with Gasteiger partial charge in [0.1, 0.15) is 6.04 Å². The molecule has 1 aliphatic carbocycles. The molecule has 0 bridgehead atoms. The fourth-order valence-corrected chi connectivity index (χ4v) is 6.13. The molecule has 0 saturated heterocycles. The summed E-state index contributed by atoms with van der Waals surface area (Å²) in [5.41, 5.74) is 3.63. The summed E-state index contributed by atoms with van der Waals surface area (Å²) in [4.78, 5) is 39.9. The number of hydrogen-bond acceptors (Lipinski definition) is 5. The third-order valence-corrected chi connectivity index (χ3v) is 8.27. The number of benzene rings is 2. The molecule has 1 fully saturated rings. The Morgan fingerprint density at radius 3 is 2.50 bits per heavy atom. The van der Waals surface area contributed by atoms with Crippen molar-refractivity contribution in [3.63, 3.8) is 0 Å². The second-order valence-electron chi connectivity index (χ2n) is 12.1. The zero-order chi connectivity index (χ0) is 28.7. The van der Waals surface area contributed by atoms with Crippen LogP contribution in [0.1, 0.15) is 76.3 Å². The summed E-state index contributed by atoms with van der Waals surface area (Å²) in [5.74, 6) is 0.522. The van der Waals surface area contributed by atoms with Crippen LogP contribution in [0.2, 0.25) is 0 Å². The van der Waals surface area contributed by atoms with Crippen LogP contribution in [0.5, 0.6) is 0 Å². The average molecular weight is 549 g/mol. The smallest absolute Gasteiger partial charge is 0.249 e. The number of aliphatic hydroxyl groups excluding tert-OH is 1. The Labute approximate surface area is 237 Å². The van der Waals surface area contributed by atoms with Crippen LogP contribution in [-0.2, 0) is 20.8 Å². The standard InChI is InChI=1S/C32H44N4O4/c1-22(38)19-34-32(2,3)18-30(39)35-28-17-16-25-8-4-7-11-29(25)36(31(28)40)20-23-12-14-24(15-13-23)26-9-5-6-10-27(26)33-21-37/h4-11,21-24,28,34,38H,12-20H2,1-3H3,(H,33,37)(H,35,39)/t22-,23?,24?,28-/m1/s1. The summed E-state index contributed by atoms with van der Waals surface area (Å²) in [6, 6.07) is 15.5. The molecule has 40 heavy (non-hydrogen) atoms. The minimum atomic E-state index is -0.579. The summed E-state index contributed by atoms with van der Waals surface area (Å²) >= 11 is 0. The molecule has 1 aliphatic heterocycles. The van der Waals surface area contributed by atoms with Gasteiger partial charge in [0.05, 0.1) is 6.10 Å². The molecular formula is C32H44N4O4. The van der Waals surface area contributed by atoms with Crippen LogP contribution in [0.25, 0.3) is 0 Å². The number of carbonyl (C=O) groups excluding carboxylic acids is 3. The number of anilines is 2. The van der Waals surface area contributed by atoms with E-state index in [4.69, 9.17) is 0 Å². The highest BCUT2D eigenvalue weighted by Crippen LogP contribution is 2.40. The summed E-state index contributed by atoms with van der Waals surface area (Å²) < 4.78 is 0. The molecule has 4 N–H and O–H groups in total. The highest BCUT2D eigenvalue weighted by atomic mass is 16.3. The number of aliphatic hydroxyl groups is 1. The highest BCUT2D eigenvalue weighted by molar-refractivity contribution is 6.00. The minimum absolute atomic E-state index is 0.0457. The molecule has 2 aromatic rings. The maximum Gasteiger partial charge on any atom is 0.249 e. The van der Waals surface area contributed by atoms with E-state index < -0.39 is 17.7 Å². The average Bonchev–Trinajstić information content (AvgIpc) is 3.05. The van der Waals surface area contributed by atoms with Crippen molar-refractivity contribution < 1.29 is 19.5 Å². The highest BCUT2D eigenvalue weighted by Gasteiger charge is 2.35. The number of aryl methyl sites for hydroxylation is 1. The summed E-state index contributed by atoms with van der Waals surface area (Å²) in [6.45, 7) is 6.58. The Balaban J connectivity index is 1.43. The zero-order valence-electron chi connectivity index (χ0n) is 24.0. The molecule has 8 nitrogen and oxygen atoms in total. The van der Waals surface area contributed by atoms with Crippen LogP contribution in [0.15, 0.2) is 48.5 Å². The first-order valence-corrected chi connectivity index (χ1v) is 14.6. The van der Waals surface area contributed by atoms with Gasteiger partial charge in [0.2, 0.25) is 18.2 Å². The van der Waals surface area contributed by atoms with Crippen LogP contribution in [0, 0.1) is 5.92 Å². The molecule has 0 radical (unpaired) electrons. The van der Waals surface area contributed by atoms with Crippen molar-refractivity contribution in [2.24, 2.45) is 5.92 Å². The summed E-state index contributed by atoms with van der Waals surface area (Å²) in [6.07, 6.45) is 5.71. The van der Waals surface area contributed by atoms with Crippen LogP contribution in [0.3, 0.4) is 0 Å². The van der Waals surface area contributed by atoms with Crippen molar-refractivity contribution in [1.29, 1.82) is 0 Å². The van der Waals surface area contributed by atoms with Gasteiger partial charge in [0.25, 0.3) is 0 Å². The van der Waals surface area contributed by atoms with Crippen molar-refractivity contribution in [3.8, 4) is 0 Å².